The lowest BCUT2D eigenvalue weighted by Crippen LogP contribution is -2.21. The van der Waals surface area contributed by atoms with Crippen LogP contribution in [0.25, 0.3) is 33.1 Å². The number of hydrogen-bond donors (Lipinski definition) is 3. The average molecular weight is 379 g/mol. The molecule has 0 aliphatic rings. The van der Waals surface area contributed by atoms with Gasteiger partial charge in [0, 0.05) is 30.3 Å². The smallest absolute Gasteiger partial charge is 0.475 e. The Bertz CT molecular complexity index is 1190. The molecule has 0 atom stereocenters. The summed E-state index contributed by atoms with van der Waals surface area (Å²) in [5.41, 5.74) is 3.40. The van der Waals surface area contributed by atoms with Crippen molar-refractivity contribution < 1.29 is 23.1 Å². The van der Waals surface area contributed by atoms with E-state index in [-0.39, 0.29) is 5.56 Å². The number of aromatic nitrogens is 5. The Hall–Kier alpha value is -3.63. The van der Waals surface area contributed by atoms with E-state index in [4.69, 9.17) is 9.90 Å². The molecule has 3 N–H and O–H groups in total. The number of halogens is 3. The summed E-state index contributed by atoms with van der Waals surface area (Å²) in [5, 5.41) is 20.6. The predicted molar refractivity (Wildman–Crippen MR) is 90.1 cm³/mol. The second kappa shape index (κ2) is 6.59. The van der Waals surface area contributed by atoms with E-state index in [9.17, 15) is 18.0 Å². The SMILES string of the molecule is Cn1cc(-c2n[nH]c3cc4[nH]c(=O)ccc4cc23)cn1.O=C(O)C(F)(F)F. The van der Waals surface area contributed by atoms with Gasteiger partial charge in [0.1, 0.15) is 5.69 Å². The van der Waals surface area contributed by atoms with E-state index in [1.54, 1.807) is 10.9 Å². The van der Waals surface area contributed by atoms with Crippen molar-refractivity contribution in [2.45, 2.75) is 6.18 Å². The summed E-state index contributed by atoms with van der Waals surface area (Å²) in [4.78, 5) is 23.1. The topological polar surface area (TPSA) is 117 Å². The third-order valence-corrected chi connectivity index (χ3v) is 3.63. The molecule has 4 rings (SSSR count). The first-order chi connectivity index (χ1) is 12.6. The van der Waals surface area contributed by atoms with Crippen molar-refractivity contribution in [3.05, 3.63) is 47.0 Å². The molecule has 1 aromatic carbocycles. The van der Waals surface area contributed by atoms with Gasteiger partial charge in [-0.1, -0.05) is 0 Å². The van der Waals surface area contributed by atoms with Gasteiger partial charge >= 0.3 is 12.1 Å². The second-order valence-corrected chi connectivity index (χ2v) is 5.59. The number of benzene rings is 1. The molecule has 0 bridgehead atoms. The summed E-state index contributed by atoms with van der Waals surface area (Å²) >= 11 is 0. The zero-order chi connectivity index (χ0) is 19.8. The van der Waals surface area contributed by atoms with Gasteiger partial charge in [0.05, 0.1) is 17.2 Å². The van der Waals surface area contributed by atoms with Crippen LogP contribution in [0.15, 0.2) is 41.5 Å². The minimum Gasteiger partial charge on any atom is -0.475 e. The number of carboxylic acid groups (broad SMARTS) is 1. The van der Waals surface area contributed by atoms with Gasteiger partial charge in [0.25, 0.3) is 0 Å². The van der Waals surface area contributed by atoms with E-state index in [0.29, 0.717) is 0 Å². The van der Waals surface area contributed by atoms with Crippen LogP contribution in [0.5, 0.6) is 0 Å². The lowest BCUT2D eigenvalue weighted by atomic mass is 10.1. The van der Waals surface area contributed by atoms with Crippen LogP contribution >= 0.6 is 0 Å². The van der Waals surface area contributed by atoms with Crippen molar-refractivity contribution in [2.75, 3.05) is 0 Å². The van der Waals surface area contributed by atoms with E-state index >= 15 is 0 Å². The first-order valence-corrected chi connectivity index (χ1v) is 7.45. The number of carboxylic acids is 1. The Balaban J connectivity index is 0.000000260. The van der Waals surface area contributed by atoms with Crippen LogP contribution in [0.2, 0.25) is 0 Å². The molecule has 0 spiro atoms. The number of fused-ring (bicyclic) bond motifs is 2. The van der Waals surface area contributed by atoms with Gasteiger partial charge in [-0.2, -0.15) is 23.4 Å². The molecular weight excluding hydrogens is 367 g/mol. The molecule has 0 aliphatic carbocycles. The Morgan fingerprint density at radius 2 is 1.93 bits per heavy atom. The predicted octanol–water partition coefficient (Wildman–Crippen LogP) is 2.44. The summed E-state index contributed by atoms with van der Waals surface area (Å²) in [6, 6.07) is 7.26. The second-order valence-electron chi connectivity index (χ2n) is 5.59. The molecule has 3 aromatic heterocycles. The molecule has 4 aromatic rings. The molecule has 0 amide bonds. The standard InChI is InChI=1S/C14H11N5O.C2HF3O2/c1-19-7-9(6-15-19)14-10-4-8-2-3-13(20)16-11(8)5-12(10)17-18-14;3-2(4,5)1(6)7/h2-7H,1H3,(H,16,20)(H,17,18);(H,6,7). The molecule has 0 unspecified atom stereocenters. The number of hydrogen-bond acceptors (Lipinski definition) is 4. The van der Waals surface area contributed by atoms with E-state index in [2.05, 4.69) is 20.3 Å². The van der Waals surface area contributed by atoms with Crippen molar-refractivity contribution >= 4 is 27.8 Å². The summed E-state index contributed by atoms with van der Waals surface area (Å²) in [6.07, 6.45) is -1.38. The number of nitrogens with zero attached hydrogens (tertiary/aromatic N) is 3. The maximum Gasteiger partial charge on any atom is 0.490 e. The van der Waals surface area contributed by atoms with Gasteiger partial charge in [0.15, 0.2) is 0 Å². The zero-order valence-corrected chi connectivity index (χ0v) is 13.7. The molecule has 27 heavy (non-hydrogen) atoms. The number of rotatable bonds is 1. The highest BCUT2D eigenvalue weighted by Crippen LogP contribution is 2.28. The number of H-pyrrole nitrogens is 2. The van der Waals surface area contributed by atoms with Crippen molar-refractivity contribution in [3.8, 4) is 11.3 Å². The molecule has 11 heteroatoms. The normalized spacial score (nSPS) is 11.4. The van der Waals surface area contributed by atoms with Gasteiger partial charge in [-0.05, 0) is 23.6 Å². The highest BCUT2D eigenvalue weighted by atomic mass is 19.4. The highest BCUT2D eigenvalue weighted by molar-refractivity contribution is 6.01. The molecule has 0 radical (unpaired) electrons. The molecule has 0 saturated carbocycles. The largest absolute Gasteiger partial charge is 0.490 e. The summed E-state index contributed by atoms with van der Waals surface area (Å²) in [6.45, 7) is 0. The fourth-order valence-corrected chi connectivity index (χ4v) is 2.43. The van der Waals surface area contributed by atoms with Crippen molar-refractivity contribution in [2.24, 2.45) is 7.05 Å². The van der Waals surface area contributed by atoms with Gasteiger partial charge in [-0.3, -0.25) is 14.6 Å². The molecule has 3 heterocycles. The molecule has 8 nitrogen and oxygen atoms in total. The number of carbonyl (C=O) groups is 1. The van der Waals surface area contributed by atoms with Gasteiger partial charge in [-0.15, -0.1) is 0 Å². The van der Waals surface area contributed by atoms with E-state index in [0.717, 1.165) is 33.1 Å². The number of aliphatic carboxylic acids is 1. The maximum absolute atomic E-state index is 11.4. The Kier molecular flexibility index (Phi) is 4.44. The number of aryl methyl sites for hydroxylation is 1. The lowest BCUT2D eigenvalue weighted by molar-refractivity contribution is -0.192. The molecule has 140 valence electrons. The quantitative estimate of drug-likeness (QED) is 0.470. The van der Waals surface area contributed by atoms with Crippen molar-refractivity contribution in [3.63, 3.8) is 0 Å². The summed E-state index contributed by atoms with van der Waals surface area (Å²) < 4.78 is 33.5. The Morgan fingerprint density at radius 1 is 1.22 bits per heavy atom. The van der Waals surface area contributed by atoms with Gasteiger partial charge < -0.3 is 10.1 Å². The van der Waals surface area contributed by atoms with Crippen LogP contribution in [0.3, 0.4) is 0 Å². The van der Waals surface area contributed by atoms with Crippen LogP contribution in [0.4, 0.5) is 13.2 Å². The third-order valence-electron chi connectivity index (χ3n) is 3.63. The van der Waals surface area contributed by atoms with Crippen LogP contribution in [-0.4, -0.2) is 42.2 Å². The van der Waals surface area contributed by atoms with E-state index in [1.165, 1.54) is 6.07 Å². The van der Waals surface area contributed by atoms with Crippen LogP contribution in [0, 0.1) is 0 Å². The van der Waals surface area contributed by atoms with Crippen molar-refractivity contribution in [1.29, 1.82) is 0 Å². The van der Waals surface area contributed by atoms with Crippen molar-refractivity contribution in [1.82, 2.24) is 25.0 Å². The van der Waals surface area contributed by atoms with Crippen LogP contribution in [0.1, 0.15) is 0 Å². The van der Waals surface area contributed by atoms with Crippen LogP contribution in [-0.2, 0) is 11.8 Å². The molecule has 0 fully saturated rings. The summed E-state index contributed by atoms with van der Waals surface area (Å²) in [5.74, 6) is -2.76. The average Bonchev–Trinajstić information content (AvgIpc) is 3.18. The number of alkyl halides is 3. The van der Waals surface area contributed by atoms with E-state index in [1.807, 2.05) is 31.4 Å². The molecule has 0 saturated heterocycles. The number of aromatic amines is 2. The first kappa shape index (κ1) is 18.2. The number of nitrogens with one attached hydrogen (secondary N) is 2. The Morgan fingerprint density at radius 3 is 2.52 bits per heavy atom. The fourth-order valence-electron chi connectivity index (χ4n) is 2.43. The van der Waals surface area contributed by atoms with E-state index < -0.39 is 12.1 Å². The van der Waals surface area contributed by atoms with Crippen LogP contribution < -0.4 is 5.56 Å². The summed E-state index contributed by atoms with van der Waals surface area (Å²) in [7, 11) is 1.87. The maximum atomic E-state index is 11.4. The monoisotopic (exact) mass is 379 g/mol. The first-order valence-electron chi connectivity index (χ1n) is 7.45. The highest BCUT2D eigenvalue weighted by Gasteiger charge is 2.38. The van der Waals surface area contributed by atoms with Gasteiger partial charge in [-0.25, -0.2) is 4.79 Å². The zero-order valence-electron chi connectivity index (χ0n) is 13.7. The molecule has 0 aliphatic heterocycles. The third kappa shape index (κ3) is 3.81. The van der Waals surface area contributed by atoms with Gasteiger partial charge in [0.2, 0.25) is 5.56 Å². The minimum absolute atomic E-state index is 0.108. The lowest BCUT2D eigenvalue weighted by Gasteiger charge is -1.98. The fraction of sp³-hybridized carbons (Fsp3) is 0.125. The molecular formula is C16H12F3N5O3. The number of pyridine rings is 1. The minimum atomic E-state index is -5.08. The Labute approximate surface area is 148 Å².